The van der Waals surface area contributed by atoms with E-state index < -0.39 is 0 Å². The third-order valence-corrected chi connectivity index (χ3v) is 1.35. The summed E-state index contributed by atoms with van der Waals surface area (Å²) < 4.78 is 0. The zero-order valence-corrected chi connectivity index (χ0v) is 8.08. The fraction of sp³-hybridized carbons (Fsp3) is 0.500. The molecule has 0 N–H and O–H groups in total. The molecule has 0 saturated carbocycles. The molecule has 2 heteroatoms. The quantitative estimate of drug-likeness (QED) is 0.452. The Morgan fingerprint density at radius 2 is 2.17 bits per heavy atom. The minimum Gasteiger partial charge on any atom is -0.344 e. The highest BCUT2D eigenvalue weighted by atomic mass is 16.1. The topological polar surface area (TPSA) is 20.3 Å². The second kappa shape index (κ2) is 5.58. The fourth-order valence-corrected chi connectivity index (χ4v) is 0.739. The van der Waals surface area contributed by atoms with E-state index >= 15 is 0 Å². The van der Waals surface area contributed by atoms with Crippen molar-refractivity contribution < 1.29 is 4.79 Å². The van der Waals surface area contributed by atoms with Crippen LogP contribution < -0.4 is 0 Å². The van der Waals surface area contributed by atoms with Crippen LogP contribution in [-0.2, 0) is 4.79 Å². The van der Waals surface area contributed by atoms with E-state index in [1.54, 1.807) is 11.9 Å². The Bertz CT molecular complexity index is 182. The summed E-state index contributed by atoms with van der Waals surface area (Å²) in [5.74, 6) is 0.531. The summed E-state index contributed by atoms with van der Waals surface area (Å²) in [5, 5.41) is 0. The van der Waals surface area contributed by atoms with Crippen LogP contribution in [0.2, 0.25) is 0 Å². The Labute approximate surface area is 74.6 Å². The number of rotatable bonds is 5. The van der Waals surface area contributed by atoms with Crippen LogP contribution in [-0.4, -0.2) is 24.9 Å². The number of hydrogen-bond acceptors (Lipinski definition) is 1. The van der Waals surface area contributed by atoms with Crippen LogP contribution >= 0.6 is 0 Å². The number of carbonyl (C=O) groups is 1. The zero-order valence-electron chi connectivity index (χ0n) is 8.08. The Balaban J connectivity index is 3.81. The van der Waals surface area contributed by atoms with E-state index in [4.69, 9.17) is 0 Å². The lowest BCUT2D eigenvalue weighted by atomic mass is 10.1. The summed E-state index contributed by atoms with van der Waals surface area (Å²) in [6, 6.07) is 0. The van der Waals surface area contributed by atoms with E-state index in [2.05, 4.69) is 26.5 Å². The maximum Gasteiger partial charge on any atom is 0.209 e. The SMILES string of the molecule is C=C(C=CC(C)C)CN(C)C=O. The summed E-state index contributed by atoms with van der Waals surface area (Å²) in [7, 11) is 1.74. The van der Waals surface area contributed by atoms with Crippen LogP contribution in [0.3, 0.4) is 0 Å². The Kier molecular flexibility index (Phi) is 5.09. The first-order valence-electron chi connectivity index (χ1n) is 4.07. The molecule has 0 aliphatic carbocycles. The molecule has 1 amide bonds. The fourth-order valence-electron chi connectivity index (χ4n) is 0.739. The van der Waals surface area contributed by atoms with Gasteiger partial charge in [0.2, 0.25) is 6.41 Å². The normalized spacial score (nSPS) is 10.7. The molecule has 0 rings (SSSR count). The predicted octanol–water partition coefficient (Wildman–Crippen LogP) is 1.84. The lowest BCUT2D eigenvalue weighted by Crippen LogP contribution is -2.17. The van der Waals surface area contributed by atoms with Crippen molar-refractivity contribution in [1.82, 2.24) is 4.90 Å². The smallest absolute Gasteiger partial charge is 0.209 e. The molecular weight excluding hydrogens is 150 g/mol. The maximum absolute atomic E-state index is 10.2. The van der Waals surface area contributed by atoms with Gasteiger partial charge in [-0.1, -0.05) is 32.6 Å². The van der Waals surface area contributed by atoms with E-state index in [-0.39, 0.29) is 0 Å². The monoisotopic (exact) mass is 167 g/mol. The molecule has 68 valence electrons. The minimum atomic E-state index is 0.531. The van der Waals surface area contributed by atoms with E-state index in [9.17, 15) is 4.79 Å². The summed E-state index contributed by atoms with van der Waals surface area (Å²) in [5.41, 5.74) is 0.957. The van der Waals surface area contributed by atoms with E-state index in [1.165, 1.54) is 0 Å². The Morgan fingerprint density at radius 3 is 2.58 bits per heavy atom. The molecule has 12 heavy (non-hydrogen) atoms. The highest BCUT2D eigenvalue weighted by Crippen LogP contribution is 1.99. The van der Waals surface area contributed by atoms with Crippen LogP contribution in [0.4, 0.5) is 0 Å². The number of likely N-dealkylation sites (N-methyl/N-ethyl adjacent to an activating group) is 1. The van der Waals surface area contributed by atoms with Gasteiger partial charge in [0.15, 0.2) is 0 Å². The first-order valence-corrected chi connectivity index (χ1v) is 4.07. The lowest BCUT2D eigenvalue weighted by Gasteiger charge is -2.09. The van der Waals surface area contributed by atoms with E-state index in [1.807, 2.05) is 6.08 Å². The van der Waals surface area contributed by atoms with Crippen molar-refractivity contribution in [3.8, 4) is 0 Å². The van der Waals surface area contributed by atoms with Gasteiger partial charge < -0.3 is 4.90 Å². The predicted molar refractivity (Wildman–Crippen MR) is 51.8 cm³/mol. The van der Waals surface area contributed by atoms with Gasteiger partial charge >= 0.3 is 0 Å². The van der Waals surface area contributed by atoms with E-state index in [0.717, 1.165) is 12.0 Å². The molecular formula is C10H17NO. The van der Waals surface area contributed by atoms with Crippen molar-refractivity contribution in [2.24, 2.45) is 5.92 Å². The molecule has 0 saturated heterocycles. The number of hydrogen-bond donors (Lipinski definition) is 0. The van der Waals surface area contributed by atoms with Crippen molar-refractivity contribution in [3.05, 3.63) is 24.3 Å². The van der Waals surface area contributed by atoms with Gasteiger partial charge in [-0.25, -0.2) is 0 Å². The number of carbonyl (C=O) groups excluding carboxylic acids is 1. The van der Waals surface area contributed by atoms with Crippen molar-refractivity contribution >= 4 is 6.41 Å². The van der Waals surface area contributed by atoms with Gasteiger partial charge in [0, 0.05) is 13.6 Å². The summed E-state index contributed by atoms with van der Waals surface area (Å²) in [6.45, 7) is 8.64. The summed E-state index contributed by atoms with van der Waals surface area (Å²) in [4.78, 5) is 11.8. The van der Waals surface area contributed by atoms with Gasteiger partial charge in [0.05, 0.1) is 0 Å². The highest BCUT2D eigenvalue weighted by molar-refractivity contribution is 5.47. The van der Waals surface area contributed by atoms with Crippen molar-refractivity contribution in [3.63, 3.8) is 0 Å². The average molecular weight is 167 g/mol. The molecule has 0 aromatic rings. The summed E-state index contributed by atoms with van der Waals surface area (Å²) in [6.07, 6.45) is 4.83. The molecule has 0 heterocycles. The third-order valence-electron chi connectivity index (χ3n) is 1.35. The van der Waals surface area contributed by atoms with Crippen molar-refractivity contribution in [1.29, 1.82) is 0 Å². The molecule has 2 nitrogen and oxygen atoms in total. The van der Waals surface area contributed by atoms with Crippen molar-refractivity contribution in [2.75, 3.05) is 13.6 Å². The van der Waals surface area contributed by atoms with Gasteiger partial charge in [-0.2, -0.15) is 0 Å². The molecule has 0 aromatic heterocycles. The molecule has 0 fully saturated rings. The molecule has 0 atom stereocenters. The van der Waals surface area contributed by atoms with Crippen molar-refractivity contribution in [2.45, 2.75) is 13.8 Å². The molecule has 0 radical (unpaired) electrons. The molecule has 0 spiro atoms. The molecule has 0 aliphatic rings. The van der Waals surface area contributed by atoms with Crippen LogP contribution in [0.5, 0.6) is 0 Å². The zero-order chi connectivity index (χ0) is 9.56. The van der Waals surface area contributed by atoms with Gasteiger partial charge in [-0.05, 0) is 11.5 Å². The van der Waals surface area contributed by atoms with Crippen LogP contribution in [0.1, 0.15) is 13.8 Å². The van der Waals surface area contributed by atoms with Gasteiger partial charge in [0.25, 0.3) is 0 Å². The minimum absolute atomic E-state index is 0.531. The third kappa shape index (κ3) is 5.71. The Hall–Kier alpha value is -1.05. The standard InChI is InChI=1S/C10H17NO/c1-9(2)5-6-10(3)7-11(4)8-12/h5-6,8-9H,3,7H2,1-2,4H3. The lowest BCUT2D eigenvalue weighted by molar-refractivity contribution is -0.116. The van der Waals surface area contributed by atoms with Gasteiger partial charge in [-0.3, -0.25) is 4.79 Å². The molecule has 0 aromatic carbocycles. The maximum atomic E-state index is 10.2. The number of nitrogens with zero attached hydrogens (tertiary/aromatic N) is 1. The summed E-state index contributed by atoms with van der Waals surface area (Å²) >= 11 is 0. The largest absolute Gasteiger partial charge is 0.344 e. The van der Waals surface area contributed by atoms with Crippen LogP contribution in [0.25, 0.3) is 0 Å². The highest BCUT2D eigenvalue weighted by Gasteiger charge is 1.94. The van der Waals surface area contributed by atoms with Gasteiger partial charge in [-0.15, -0.1) is 0 Å². The Morgan fingerprint density at radius 1 is 1.58 bits per heavy atom. The number of amides is 1. The van der Waals surface area contributed by atoms with Gasteiger partial charge in [0.1, 0.15) is 0 Å². The molecule has 0 aliphatic heterocycles. The number of allylic oxidation sites excluding steroid dienone is 1. The van der Waals surface area contributed by atoms with Crippen LogP contribution in [0, 0.1) is 5.92 Å². The first kappa shape index (κ1) is 11.0. The van der Waals surface area contributed by atoms with Crippen LogP contribution in [0.15, 0.2) is 24.3 Å². The second-order valence-corrected chi connectivity index (χ2v) is 3.28. The molecule has 0 bridgehead atoms. The molecule has 0 unspecified atom stereocenters. The average Bonchev–Trinajstić information content (AvgIpc) is 2.00. The van der Waals surface area contributed by atoms with E-state index in [0.29, 0.717) is 12.5 Å². The first-order chi connectivity index (χ1) is 5.56. The second-order valence-electron chi connectivity index (χ2n) is 3.28.